The molecule has 0 heterocycles. The van der Waals surface area contributed by atoms with Crippen molar-refractivity contribution in [3.8, 4) is 0 Å². The molecule has 0 saturated heterocycles. The fourth-order valence-corrected chi connectivity index (χ4v) is 2.04. The first-order chi connectivity index (χ1) is 6.70. The lowest BCUT2D eigenvalue weighted by Gasteiger charge is -2.14. The molecule has 0 amide bonds. The number of nitrogens with one attached hydrogen (secondary N) is 1. The van der Waals surface area contributed by atoms with Crippen LogP contribution in [0.15, 0.2) is 12.7 Å². The average Bonchev–Trinajstić information content (AvgIpc) is 1.98. The lowest BCUT2D eigenvalue weighted by molar-refractivity contribution is -0.106. The van der Waals surface area contributed by atoms with Crippen LogP contribution in [-0.4, -0.2) is 38.1 Å². The van der Waals surface area contributed by atoms with Gasteiger partial charge in [0.05, 0.1) is 0 Å². The first-order valence-corrected chi connectivity index (χ1v) is 5.65. The normalized spacial score (nSPS) is 14.9. The molecule has 0 aromatic carbocycles. The highest BCUT2D eigenvalue weighted by Gasteiger charge is 2.35. The van der Waals surface area contributed by atoms with Gasteiger partial charge in [-0.3, -0.25) is 0 Å². The summed E-state index contributed by atoms with van der Waals surface area (Å²) in [5.74, 6) is -1.93. The third-order valence-corrected chi connectivity index (χ3v) is 2.78. The lowest BCUT2D eigenvalue weighted by atomic mass is 10.2. The van der Waals surface area contributed by atoms with Crippen LogP contribution in [0.5, 0.6) is 0 Å². The van der Waals surface area contributed by atoms with Crippen LogP contribution in [0.25, 0.3) is 0 Å². The van der Waals surface area contributed by atoms with Crippen molar-refractivity contribution in [2.75, 3.05) is 12.4 Å². The minimum atomic E-state index is -4.78. The molecule has 15 heavy (non-hydrogen) atoms. The van der Waals surface area contributed by atoms with Crippen LogP contribution in [0.4, 0.5) is 13.2 Å². The highest BCUT2D eigenvalue weighted by molar-refractivity contribution is 7.89. The smallest absolute Gasteiger partial charge is 0.396 e. The third kappa shape index (κ3) is 7.34. The number of alkyl halides is 3. The molecule has 0 radical (unpaired) electrons. The van der Waals surface area contributed by atoms with Crippen LogP contribution < -0.4 is 4.72 Å². The van der Waals surface area contributed by atoms with Crippen molar-refractivity contribution >= 4 is 10.0 Å². The summed E-state index contributed by atoms with van der Waals surface area (Å²) >= 11 is 0. The Hall–Kier alpha value is -0.600. The van der Waals surface area contributed by atoms with Gasteiger partial charge in [0, 0.05) is 12.6 Å². The van der Waals surface area contributed by atoms with Gasteiger partial charge in [0.25, 0.3) is 0 Å². The molecular weight excluding hydrogens is 235 g/mol. The Morgan fingerprint density at radius 1 is 1.47 bits per heavy atom. The summed E-state index contributed by atoms with van der Waals surface area (Å²) in [5.41, 5.74) is 0. The molecule has 0 aliphatic carbocycles. The minimum Gasteiger partial charge on any atom is -0.396 e. The monoisotopic (exact) mass is 247 g/mol. The maximum atomic E-state index is 11.8. The Kier molecular flexibility index (Phi) is 5.26. The Bertz CT molecular complexity index is 299. The number of hydrogen-bond acceptors (Lipinski definition) is 3. The molecule has 0 aliphatic heterocycles. The molecule has 0 aliphatic rings. The van der Waals surface area contributed by atoms with Gasteiger partial charge in [0.2, 0.25) is 10.0 Å². The first-order valence-electron chi connectivity index (χ1n) is 4.00. The van der Waals surface area contributed by atoms with Crippen LogP contribution >= 0.6 is 0 Å². The van der Waals surface area contributed by atoms with E-state index in [0.29, 0.717) is 0 Å². The number of rotatable bonds is 6. The summed E-state index contributed by atoms with van der Waals surface area (Å²) in [6.45, 7) is 2.90. The summed E-state index contributed by atoms with van der Waals surface area (Å²) in [4.78, 5) is 0. The van der Waals surface area contributed by atoms with Crippen molar-refractivity contribution in [2.24, 2.45) is 0 Å². The van der Waals surface area contributed by atoms with Gasteiger partial charge in [-0.2, -0.15) is 13.2 Å². The Morgan fingerprint density at radius 3 is 2.33 bits per heavy atom. The van der Waals surface area contributed by atoms with Gasteiger partial charge in [-0.15, -0.1) is 6.58 Å². The standard InChI is InChI=1S/C7H12F3NO3S/c1-2-6(3-4-12)11-15(13,14)5-7(8,9)10/h2,6,11-12H,1,3-5H2. The van der Waals surface area contributed by atoms with E-state index in [9.17, 15) is 21.6 Å². The van der Waals surface area contributed by atoms with Crippen LogP contribution in [0, 0.1) is 0 Å². The Balaban J connectivity index is 4.42. The fraction of sp³-hybridized carbons (Fsp3) is 0.714. The zero-order valence-corrected chi connectivity index (χ0v) is 8.61. The molecule has 0 bridgehead atoms. The van der Waals surface area contributed by atoms with Crippen molar-refractivity contribution in [3.63, 3.8) is 0 Å². The maximum absolute atomic E-state index is 11.8. The van der Waals surface area contributed by atoms with E-state index in [1.807, 2.05) is 0 Å². The van der Waals surface area contributed by atoms with Crippen LogP contribution in [0.3, 0.4) is 0 Å². The Morgan fingerprint density at radius 2 is 2.00 bits per heavy atom. The maximum Gasteiger partial charge on any atom is 0.404 e. The van der Waals surface area contributed by atoms with Gasteiger partial charge in [0.15, 0.2) is 5.75 Å². The van der Waals surface area contributed by atoms with Gasteiger partial charge < -0.3 is 5.11 Å². The topological polar surface area (TPSA) is 66.4 Å². The van der Waals surface area contributed by atoms with E-state index >= 15 is 0 Å². The second-order valence-corrected chi connectivity index (χ2v) is 4.60. The molecule has 0 spiro atoms. The summed E-state index contributed by atoms with van der Waals surface area (Å²) in [7, 11) is -4.43. The molecule has 0 saturated carbocycles. The van der Waals surface area contributed by atoms with Crippen LogP contribution in [0.2, 0.25) is 0 Å². The zero-order chi connectivity index (χ0) is 12.1. The van der Waals surface area contributed by atoms with E-state index in [-0.39, 0.29) is 13.0 Å². The number of sulfonamides is 1. The van der Waals surface area contributed by atoms with Crippen molar-refractivity contribution < 1.29 is 26.7 Å². The van der Waals surface area contributed by atoms with E-state index in [1.165, 1.54) is 0 Å². The number of hydrogen-bond donors (Lipinski definition) is 2. The molecule has 1 atom stereocenters. The van der Waals surface area contributed by atoms with Gasteiger partial charge in [-0.1, -0.05) is 6.08 Å². The highest BCUT2D eigenvalue weighted by atomic mass is 32.2. The first kappa shape index (κ1) is 14.4. The van der Waals surface area contributed by atoms with E-state index < -0.39 is 28.0 Å². The fourth-order valence-electron chi connectivity index (χ4n) is 0.852. The third-order valence-electron chi connectivity index (χ3n) is 1.41. The van der Waals surface area contributed by atoms with Crippen molar-refractivity contribution in [2.45, 2.75) is 18.6 Å². The van der Waals surface area contributed by atoms with E-state index in [2.05, 4.69) is 6.58 Å². The number of aliphatic hydroxyl groups is 1. The van der Waals surface area contributed by atoms with E-state index in [1.54, 1.807) is 4.72 Å². The van der Waals surface area contributed by atoms with Gasteiger partial charge >= 0.3 is 6.18 Å². The predicted octanol–water partition coefficient (Wildman–Crippen LogP) is 0.405. The summed E-state index contributed by atoms with van der Waals surface area (Å²) in [6, 6.07) is -0.887. The molecule has 90 valence electrons. The van der Waals surface area contributed by atoms with Crippen molar-refractivity contribution in [3.05, 3.63) is 12.7 Å². The summed E-state index contributed by atoms with van der Waals surface area (Å²) < 4.78 is 59.0. The molecule has 4 nitrogen and oxygen atoms in total. The van der Waals surface area contributed by atoms with Gasteiger partial charge in [-0.25, -0.2) is 13.1 Å². The molecule has 0 aromatic rings. The van der Waals surface area contributed by atoms with Crippen molar-refractivity contribution in [1.29, 1.82) is 0 Å². The SMILES string of the molecule is C=CC(CCO)NS(=O)(=O)CC(F)(F)F. The van der Waals surface area contributed by atoms with Crippen LogP contribution in [0.1, 0.15) is 6.42 Å². The Labute approximate surface area is 85.8 Å². The second kappa shape index (κ2) is 5.47. The minimum absolute atomic E-state index is 0.0133. The zero-order valence-electron chi connectivity index (χ0n) is 7.79. The molecular formula is C7H12F3NO3S. The highest BCUT2D eigenvalue weighted by Crippen LogP contribution is 2.16. The lowest BCUT2D eigenvalue weighted by Crippen LogP contribution is -2.39. The number of aliphatic hydroxyl groups excluding tert-OH is 1. The molecule has 2 N–H and O–H groups in total. The summed E-state index contributed by atoms with van der Waals surface area (Å²) in [5, 5.41) is 8.49. The second-order valence-electron chi connectivity index (χ2n) is 2.85. The van der Waals surface area contributed by atoms with Gasteiger partial charge in [0.1, 0.15) is 0 Å². The molecule has 1 unspecified atom stereocenters. The van der Waals surface area contributed by atoms with Gasteiger partial charge in [-0.05, 0) is 6.42 Å². The van der Waals surface area contributed by atoms with E-state index in [0.717, 1.165) is 6.08 Å². The molecule has 0 fully saturated rings. The van der Waals surface area contributed by atoms with Crippen molar-refractivity contribution in [1.82, 2.24) is 4.72 Å². The molecule has 0 rings (SSSR count). The predicted molar refractivity (Wildman–Crippen MR) is 48.7 cm³/mol. The molecule has 8 heteroatoms. The number of halogens is 3. The largest absolute Gasteiger partial charge is 0.404 e. The quantitative estimate of drug-likeness (QED) is 0.668. The van der Waals surface area contributed by atoms with Crippen LogP contribution in [-0.2, 0) is 10.0 Å². The van der Waals surface area contributed by atoms with E-state index in [4.69, 9.17) is 5.11 Å². The molecule has 0 aromatic heterocycles. The average molecular weight is 247 g/mol. The summed E-state index contributed by atoms with van der Waals surface area (Å²) in [6.07, 6.45) is -3.67.